The third-order valence-electron chi connectivity index (χ3n) is 7.02. The Kier molecular flexibility index (Phi) is 4.85. The monoisotopic (exact) mass is 477 g/mol. The van der Waals surface area contributed by atoms with Crippen molar-refractivity contribution in [2.24, 2.45) is 18.9 Å². The van der Waals surface area contributed by atoms with Gasteiger partial charge in [-0.3, -0.25) is 15.6 Å². The van der Waals surface area contributed by atoms with Crippen molar-refractivity contribution >= 4 is 29.0 Å². The number of hydrogen-bond donors (Lipinski definition) is 3. The summed E-state index contributed by atoms with van der Waals surface area (Å²) in [6, 6.07) is 3.45. The summed E-state index contributed by atoms with van der Waals surface area (Å²) in [5, 5.41) is 13.4. The van der Waals surface area contributed by atoms with Gasteiger partial charge >= 0.3 is 0 Å². The summed E-state index contributed by atoms with van der Waals surface area (Å²) in [4.78, 5) is 16.4. The lowest BCUT2D eigenvalue weighted by Gasteiger charge is -2.43. The summed E-state index contributed by atoms with van der Waals surface area (Å²) < 4.78 is 32.1. The summed E-state index contributed by atoms with van der Waals surface area (Å²) in [5.74, 6) is -1.04. The molecule has 3 aromatic heterocycles. The van der Waals surface area contributed by atoms with E-state index in [-0.39, 0.29) is 30.2 Å². The van der Waals surface area contributed by atoms with Gasteiger partial charge in [0.1, 0.15) is 18.0 Å². The zero-order valence-electron chi connectivity index (χ0n) is 17.6. The molecule has 0 radical (unpaired) electrons. The molecule has 3 aliphatic rings. The van der Waals surface area contributed by atoms with E-state index in [1.54, 1.807) is 23.7 Å². The Labute approximate surface area is 192 Å². The summed E-state index contributed by atoms with van der Waals surface area (Å²) in [6.45, 7) is 0.613. The Morgan fingerprint density at radius 3 is 2.82 bits per heavy atom. The first-order valence-electron chi connectivity index (χ1n) is 10.8. The Morgan fingerprint density at radius 1 is 1.27 bits per heavy atom. The molecule has 1 saturated heterocycles. The number of carbonyl (C=O) groups is 1. The number of rotatable bonds is 4. The van der Waals surface area contributed by atoms with Gasteiger partial charge in [0.25, 0.3) is 0 Å². The lowest BCUT2D eigenvalue weighted by molar-refractivity contribution is -0.117. The number of amides is 1. The van der Waals surface area contributed by atoms with E-state index >= 15 is 4.39 Å². The van der Waals surface area contributed by atoms with Gasteiger partial charge < -0.3 is 9.72 Å². The maximum atomic E-state index is 15.7. The standard InChI is InChI=1S/C20H22ClF2N9O/c1-31-19(28-29-30-31)15-17(23)16(21)14(10-5-24-27-18(10)15)8-2-3-13-25-12(7-32(13)6-8)26-20(33)9-4-11(9)22/h2-3,6-7,9-11,14-18,24,27H,4-5H2,1H3,(H,26,33)/t9-,10?,11+,14?,15?,16?,17?,18?/m1/s1. The molecule has 2 aliphatic carbocycles. The van der Waals surface area contributed by atoms with E-state index in [2.05, 4.69) is 36.7 Å². The molecule has 1 amide bonds. The van der Waals surface area contributed by atoms with Crippen LogP contribution in [0.4, 0.5) is 14.6 Å². The van der Waals surface area contributed by atoms with E-state index < -0.39 is 29.6 Å². The van der Waals surface area contributed by atoms with Crippen LogP contribution < -0.4 is 16.2 Å². The second-order valence-corrected chi connectivity index (χ2v) is 9.52. The SMILES string of the molecule is Cn1nnnc1C1C(F)C(Cl)C(c2ccc3nc(NC(=O)[C@@H]4C[C@@H]4F)cn3c2)C2CNNC21. The summed E-state index contributed by atoms with van der Waals surface area (Å²) in [6.07, 6.45) is 1.33. The van der Waals surface area contributed by atoms with Crippen LogP contribution in [0.1, 0.15) is 29.6 Å². The van der Waals surface area contributed by atoms with Crippen molar-refractivity contribution in [3.63, 3.8) is 0 Å². The van der Waals surface area contributed by atoms with Gasteiger partial charge in [0.05, 0.1) is 23.4 Å². The molecular formula is C20H22ClF2N9O. The first-order valence-corrected chi connectivity index (χ1v) is 11.3. The van der Waals surface area contributed by atoms with Gasteiger partial charge in [0.2, 0.25) is 5.91 Å². The number of carbonyl (C=O) groups excluding carboxylic acids is 1. The van der Waals surface area contributed by atoms with Gasteiger partial charge in [-0.05, 0) is 34.4 Å². The molecule has 33 heavy (non-hydrogen) atoms. The van der Waals surface area contributed by atoms with Gasteiger partial charge in [-0.1, -0.05) is 6.07 Å². The highest BCUT2D eigenvalue weighted by Gasteiger charge is 2.54. The van der Waals surface area contributed by atoms with Crippen molar-refractivity contribution in [2.75, 3.05) is 11.9 Å². The van der Waals surface area contributed by atoms with E-state index in [1.165, 1.54) is 4.68 Å². The molecule has 174 valence electrons. The molecule has 10 nitrogen and oxygen atoms in total. The second-order valence-electron chi connectivity index (χ2n) is 9.02. The van der Waals surface area contributed by atoms with E-state index in [4.69, 9.17) is 11.6 Å². The van der Waals surface area contributed by atoms with E-state index in [0.29, 0.717) is 23.8 Å². The van der Waals surface area contributed by atoms with Crippen molar-refractivity contribution in [1.29, 1.82) is 0 Å². The van der Waals surface area contributed by atoms with Crippen molar-refractivity contribution < 1.29 is 13.6 Å². The number of anilines is 1. The predicted molar refractivity (Wildman–Crippen MR) is 114 cm³/mol. The number of nitrogens with one attached hydrogen (secondary N) is 3. The Balaban J connectivity index is 1.30. The molecule has 3 aromatic rings. The number of imidazole rings is 1. The molecule has 13 heteroatoms. The molecule has 0 aromatic carbocycles. The fourth-order valence-corrected chi connectivity index (χ4v) is 5.73. The first kappa shape index (κ1) is 20.9. The minimum atomic E-state index is -1.38. The van der Waals surface area contributed by atoms with E-state index in [1.807, 2.05) is 12.3 Å². The van der Waals surface area contributed by atoms with Crippen LogP contribution in [0.15, 0.2) is 24.5 Å². The highest BCUT2D eigenvalue weighted by molar-refractivity contribution is 6.21. The Bertz CT molecular complexity index is 1220. The lowest BCUT2D eigenvalue weighted by Crippen LogP contribution is -2.52. The van der Waals surface area contributed by atoms with E-state index in [9.17, 15) is 9.18 Å². The molecule has 2 saturated carbocycles. The first-order chi connectivity index (χ1) is 15.9. The zero-order valence-corrected chi connectivity index (χ0v) is 18.3. The smallest absolute Gasteiger partial charge is 0.231 e. The average Bonchev–Trinajstić information content (AvgIpc) is 3.16. The number of aryl methyl sites for hydroxylation is 1. The number of pyridine rings is 1. The number of hydrazine groups is 1. The zero-order chi connectivity index (χ0) is 22.9. The number of halogens is 3. The fourth-order valence-electron chi connectivity index (χ4n) is 5.24. The van der Waals surface area contributed by atoms with Gasteiger partial charge in [-0.25, -0.2) is 18.4 Å². The van der Waals surface area contributed by atoms with Crippen molar-refractivity contribution in [1.82, 2.24) is 40.4 Å². The number of aromatic nitrogens is 6. The molecule has 0 bridgehead atoms. The highest BCUT2D eigenvalue weighted by atomic mass is 35.5. The molecule has 1 aliphatic heterocycles. The fraction of sp³-hybridized carbons (Fsp3) is 0.550. The molecule has 4 heterocycles. The number of nitrogens with zero attached hydrogens (tertiary/aromatic N) is 6. The van der Waals surface area contributed by atoms with Crippen LogP contribution in [0.3, 0.4) is 0 Å². The molecule has 8 atom stereocenters. The number of tetrazole rings is 1. The third kappa shape index (κ3) is 3.39. The van der Waals surface area contributed by atoms with Crippen molar-refractivity contribution in [3.05, 3.63) is 35.9 Å². The van der Waals surface area contributed by atoms with E-state index in [0.717, 1.165) is 5.56 Å². The van der Waals surface area contributed by atoms with Gasteiger partial charge in [0.15, 0.2) is 11.6 Å². The molecule has 3 N–H and O–H groups in total. The lowest BCUT2D eigenvalue weighted by atomic mass is 9.67. The van der Waals surface area contributed by atoms with Crippen LogP contribution in [0.25, 0.3) is 5.65 Å². The molecule has 0 spiro atoms. The minimum absolute atomic E-state index is 0.00213. The van der Waals surface area contributed by atoms with Gasteiger partial charge in [-0.15, -0.1) is 16.7 Å². The van der Waals surface area contributed by atoms with Gasteiger partial charge in [0, 0.05) is 31.7 Å². The second kappa shape index (κ2) is 7.67. The van der Waals surface area contributed by atoms with Gasteiger partial charge in [-0.2, -0.15) is 0 Å². The molecular weight excluding hydrogens is 456 g/mol. The predicted octanol–water partition coefficient (Wildman–Crippen LogP) is 1.07. The van der Waals surface area contributed by atoms with Crippen LogP contribution in [-0.4, -0.2) is 65.8 Å². The maximum absolute atomic E-state index is 15.7. The van der Waals surface area contributed by atoms with Crippen LogP contribution in [0.5, 0.6) is 0 Å². The number of hydrogen-bond acceptors (Lipinski definition) is 7. The molecule has 6 rings (SSSR count). The number of fused-ring (bicyclic) bond motifs is 2. The molecule has 6 unspecified atom stereocenters. The van der Waals surface area contributed by atoms with Crippen LogP contribution in [-0.2, 0) is 11.8 Å². The van der Waals surface area contributed by atoms with Crippen LogP contribution in [0, 0.1) is 11.8 Å². The highest BCUT2D eigenvalue weighted by Crippen LogP contribution is 2.48. The molecule has 3 fully saturated rings. The average molecular weight is 478 g/mol. The summed E-state index contributed by atoms with van der Waals surface area (Å²) in [7, 11) is 1.69. The maximum Gasteiger partial charge on any atom is 0.231 e. The van der Waals surface area contributed by atoms with Crippen LogP contribution in [0.2, 0.25) is 0 Å². The quantitative estimate of drug-likeness (QED) is 0.482. The Hall–Kier alpha value is -2.70. The topological polar surface area (TPSA) is 114 Å². The largest absolute Gasteiger partial charge is 0.309 e. The summed E-state index contributed by atoms with van der Waals surface area (Å²) >= 11 is 6.75. The van der Waals surface area contributed by atoms with Crippen molar-refractivity contribution in [2.45, 2.75) is 42.0 Å². The Morgan fingerprint density at radius 2 is 2.09 bits per heavy atom. The minimum Gasteiger partial charge on any atom is -0.309 e. The van der Waals surface area contributed by atoms with Crippen LogP contribution >= 0.6 is 11.6 Å². The third-order valence-corrected chi connectivity index (χ3v) is 7.53. The normalized spacial score (nSPS) is 35.5. The summed E-state index contributed by atoms with van der Waals surface area (Å²) in [5.41, 5.74) is 7.83. The number of alkyl halides is 3. The van der Waals surface area contributed by atoms with Crippen molar-refractivity contribution in [3.8, 4) is 0 Å².